The van der Waals surface area contributed by atoms with Crippen LogP contribution in [0.25, 0.3) is 0 Å². The summed E-state index contributed by atoms with van der Waals surface area (Å²) in [4.78, 5) is 37.1. The summed E-state index contributed by atoms with van der Waals surface area (Å²) in [5.74, 6) is -0.314. The van der Waals surface area contributed by atoms with Gasteiger partial charge in [-0.25, -0.2) is 4.79 Å². The topological polar surface area (TPSA) is 85.1 Å². The van der Waals surface area contributed by atoms with Crippen molar-refractivity contribution in [2.45, 2.75) is 32.9 Å². The third-order valence-corrected chi connectivity index (χ3v) is 5.16. The third-order valence-electron chi connectivity index (χ3n) is 5.16. The van der Waals surface area contributed by atoms with E-state index >= 15 is 0 Å². The number of nitrogens with zero attached hydrogens (tertiary/aromatic N) is 2. The van der Waals surface area contributed by atoms with E-state index in [-0.39, 0.29) is 17.9 Å². The summed E-state index contributed by atoms with van der Waals surface area (Å²) in [5.41, 5.74) is 0.0611. The number of hydrogen-bond acceptors (Lipinski definition) is 4. The number of piperidine rings is 1. The minimum Gasteiger partial charge on any atom is -0.354 e. The Bertz CT molecular complexity index is 895. The predicted octanol–water partition coefficient (Wildman–Crippen LogP) is 0.564. The van der Waals surface area contributed by atoms with Gasteiger partial charge in [-0.3, -0.25) is 18.7 Å². The van der Waals surface area contributed by atoms with Crippen molar-refractivity contribution in [3.63, 3.8) is 0 Å². The van der Waals surface area contributed by atoms with Gasteiger partial charge in [0.2, 0.25) is 5.91 Å². The lowest BCUT2D eigenvalue weighted by Gasteiger charge is -2.34. The van der Waals surface area contributed by atoms with Gasteiger partial charge in [0.25, 0.3) is 5.56 Å². The molecule has 1 aromatic carbocycles. The molecule has 0 aliphatic carbocycles. The van der Waals surface area contributed by atoms with Gasteiger partial charge in [0.05, 0.1) is 6.54 Å². The molecule has 7 nitrogen and oxygen atoms in total. The molecule has 1 amide bonds. The third kappa shape index (κ3) is 4.95. The van der Waals surface area contributed by atoms with Crippen LogP contribution in [0.15, 0.2) is 52.2 Å². The molecule has 27 heavy (non-hydrogen) atoms. The normalized spacial score (nSPS) is 16.0. The van der Waals surface area contributed by atoms with Gasteiger partial charge in [-0.1, -0.05) is 37.3 Å². The average molecular weight is 370 g/mol. The Morgan fingerprint density at radius 2 is 1.85 bits per heavy atom. The first-order chi connectivity index (χ1) is 13.0. The zero-order chi connectivity index (χ0) is 19.3. The number of aromatic nitrogens is 2. The van der Waals surface area contributed by atoms with E-state index in [4.69, 9.17) is 0 Å². The molecule has 0 atom stereocenters. The van der Waals surface area contributed by atoms with Crippen LogP contribution in [-0.2, 0) is 17.9 Å². The molecule has 2 aromatic rings. The van der Waals surface area contributed by atoms with Crippen molar-refractivity contribution in [3.8, 4) is 0 Å². The van der Waals surface area contributed by atoms with Crippen LogP contribution in [0, 0.1) is 5.41 Å². The summed E-state index contributed by atoms with van der Waals surface area (Å²) in [7, 11) is 0. The molecular formula is C20H26N4O3. The quantitative estimate of drug-likeness (QED) is 0.778. The van der Waals surface area contributed by atoms with Crippen molar-refractivity contribution >= 4 is 5.91 Å². The maximum Gasteiger partial charge on any atom is 0.331 e. The summed E-state index contributed by atoms with van der Waals surface area (Å²) in [6, 6.07) is 10.8. The van der Waals surface area contributed by atoms with Gasteiger partial charge in [-0.15, -0.1) is 0 Å². The molecule has 1 fully saturated rings. The van der Waals surface area contributed by atoms with E-state index in [1.54, 1.807) is 0 Å². The molecule has 144 valence electrons. The lowest BCUT2D eigenvalue weighted by molar-refractivity contribution is -0.122. The number of carbonyl (C=O) groups excluding carboxylic acids is 1. The van der Waals surface area contributed by atoms with Crippen molar-refractivity contribution < 1.29 is 4.79 Å². The van der Waals surface area contributed by atoms with Gasteiger partial charge in [0.15, 0.2) is 0 Å². The molecule has 2 N–H and O–H groups in total. The van der Waals surface area contributed by atoms with Gasteiger partial charge in [0.1, 0.15) is 6.54 Å². The Morgan fingerprint density at radius 3 is 2.56 bits per heavy atom. The van der Waals surface area contributed by atoms with Gasteiger partial charge >= 0.3 is 5.69 Å². The van der Waals surface area contributed by atoms with Gasteiger partial charge in [-0.2, -0.15) is 0 Å². The van der Waals surface area contributed by atoms with Crippen LogP contribution in [0.3, 0.4) is 0 Å². The number of amides is 1. The predicted molar refractivity (Wildman–Crippen MR) is 104 cm³/mol. The minimum atomic E-state index is -0.477. The first kappa shape index (κ1) is 19.1. The molecule has 0 radical (unpaired) electrons. The molecule has 0 bridgehead atoms. The fourth-order valence-electron chi connectivity index (χ4n) is 3.32. The second kappa shape index (κ2) is 8.35. The smallest absolute Gasteiger partial charge is 0.331 e. The Labute approximate surface area is 158 Å². The van der Waals surface area contributed by atoms with Crippen molar-refractivity contribution in [1.82, 2.24) is 19.8 Å². The van der Waals surface area contributed by atoms with E-state index in [0.717, 1.165) is 36.1 Å². The van der Waals surface area contributed by atoms with Crippen molar-refractivity contribution in [2.24, 2.45) is 5.41 Å². The number of carbonyl (C=O) groups is 1. The fourth-order valence-corrected chi connectivity index (χ4v) is 3.32. The maximum absolute atomic E-state index is 12.6. The monoisotopic (exact) mass is 370 g/mol. The molecule has 1 aromatic heterocycles. The number of hydrogen-bond donors (Lipinski definition) is 2. The van der Waals surface area contributed by atoms with E-state index < -0.39 is 11.2 Å². The minimum absolute atomic E-state index is 0.0517. The van der Waals surface area contributed by atoms with Crippen LogP contribution in [0.2, 0.25) is 0 Å². The fraction of sp³-hybridized carbons (Fsp3) is 0.450. The van der Waals surface area contributed by atoms with E-state index in [0.29, 0.717) is 13.1 Å². The Kier molecular flexibility index (Phi) is 5.91. The molecule has 1 saturated heterocycles. The molecule has 0 saturated carbocycles. The summed E-state index contributed by atoms with van der Waals surface area (Å²) in [5, 5.41) is 6.20. The molecule has 7 heteroatoms. The van der Waals surface area contributed by atoms with Gasteiger partial charge in [-0.05, 0) is 36.9 Å². The lowest BCUT2D eigenvalue weighted by Crippen LogP contribution is -2.46. The van der Waals surface area contributed by atoms with Crippen LogP contribution >= 0.6 is 0 Å². The second-order valence-electron chi connectivity index (χ2n) is 7.47. The molecule has 1 aliphatic heterocycles. The zero-order valence-electron chi connectivity index (χ0n) is 15.6. The molecule has 1 aliphatic rings. The highest BCUT2D eigenvalue weighted by Gasteiger charge is 2.27. The summed E-state index contributed by atoms with van der Waals surface area (Å²) < 4.78 is 2.43. The van der Waals surface area contributed by atoms with E-state index in [2.05, 4.69) is 17.6 Å². The number of benzene rings is 1. The zero-order valence-corrected chi connectivity index (χ0v) is 15.6. The van der Waals surface area contributed by atoms with Crippen molar-refractivity contribution in [2.75, 3.05) is 19.6 Å². The molecule has 3 rings (SSSR count). The Hall–Kier alpha value is -2.67. The summed E-state index contributed by atoms with van der Waals surface area (Å²) in [6.07, 6.45) is 3.45. The highest BCUT2D eigenvalue weighted by Crippen LogP contribution is 2.26. The molecule has 0 spiro atoms. The van der Waals surface area contributed by atoms with E-state index in [1.807, 2.05) is 30.3 Å². The number of rotatable bonds is 6. The summed E-state index contributed by atoms with van der Waals surface area (Å²) in [6.45, 7) is 4.67. The van der Waals surface area contributed by atoms with Crippen molar-refractivity contribution in [3.05, 3.63) is 69.0 Å². The SMILES string of the molecule is CC1(CNC(=O)Cn2c(=O)ccn(Cc3ccccc3)c2=O)CCNCC1. The lowest BCUT2D eigenvalue weighted by atomic mass is 9.81. The number of nitrogens with one attached hydrogen (secondary N) is 2. The largest absolute Gasteiger partial charge is 0.354 e. The maximum atomic E-state index is 12.6. The highest BCUT2D eigenvalue weighted by molar-refractivity contribution is 5.75. The van der Waals surface area contributed by atoms with E-state index in [9.17, 15) is 14.4 Å². The van der Waals surface area contributed by atoms with Crippen LogP contribution < -0.4 is 21.9 Å². The van der Waals surface area contributed by atoms with Crippen LogP contribution in [-0.4, -0.2) is 34.7 Å². The Balaban J connectivity index is 1.68. The van der Waals surface area contributed by atoms with Crippen molar-refractivity contribution in [1.29, 1.82) is 0 Å². The van der Waals surface area contributed by atoms with Crippen LogP contribution in [0.5, 0.6) is 0 Å². The molecule has 0 unspecified atom stereocenters. The van der Waals surface area contributed by atoms with Crippen LogP contribution in [0.4, 0.5) is 0 Å². The van der Waals surface area contributed by atoms with E-state index in [1.165, 1.54) is 16.8 Å². The van der Waals surface area contributed by atoms with Crippen LogP contribution in [0.1, 0.15) is 25.3 Å². The first-order valence-corrected chi connectivity index (χ1v) is 9.28. The first-order valence-electron chi connectivity index (χ1n) is 9.28. The second-order valence-corrected chi connectivity index (χ2v) is 7.47. The highest BCUT2D eigenvalue weighted by atomic mass is 16.2. The van der Waals surface area contributed by atoms with Gasteiger partial charge in [0, 0.05) is 18.8 Å². The average Bonchev–Trinajstić information content (AvgIpc) is 2.67. The molecular weight excluding hydrogens is 344 g/mol. The van der Waals surface area contributed by atoms with Gasteiger partial charge < -0.3 is 10.6 Å². The summed E-state index contributed by atoms with van der Waals surface area (Å²) >= 11 is 0. The standard InChI is InChI=1S/C20H26N4O3/c1-20(8-10-21-11-9-20)15-22-17(25)14-24-18(26)7-12-23(19(24)27)13-16-5-3-2-4-6-16/h2-7,12,21H,8-11,13-15H2,1H3,(H,22,25). The molecule has 2 heterocycles. The Morgan fingerprint density at radius 1 is 1.15 bits per heavy atom.